The molecule has 0 saturated carbocycles. The fraction of sp³-hybridized carbons (Fsp3) is 0.222. The topological polar surface area (TPSA) is 123 Å². The Morgan fingerprint density at radius 3 is 2.82 bits per heavy atom. The molecule has 3 aromatic rings. The molecule has 0 fully saturated rings. The third-order valence-electron chi connectivity index (χ3n) is 3.77. The van der Waals surface area contributed by atoms with Crippen molar-refractivity contribution in [3.05, 3.63) is 53.0 Å². The first-order valence-electron chi connectivity index (χ1n) is 8.48. The number of hydrogen-bond acceptors (Lipinski definition) is 8. The Bertz CT molecular complexity index is 1010. The Hall–Kier alpha value is -3.27. The van der Waals surface area contributed by atoms with Gasteiger partial charge in [-0.3, -0.25) is 4.79 Å². The molecular formula is C18H21N7O2S. The van der Waals surface area contributed by atoms with Crippen LogP contribution in [0.3, 0.4) is 0 Å². The maximum Gasteiger partial charge on any atom is 0.264 e. The summed E-state index contributed by atoms with van der Waals surface area (Å²) in [6.45, 7) is 5.81. The van der Waals surface area contributed by atoms with E-state index >= 15 is 0 Å². The van der Waals surface area contributed by atoms with Crippen LogP contribution in [0.15, 0.2) is 45.0 Å². The van der Waals surface area contributed by atoms with Gasteiger partial charge in [0.2, 0.25) is 11.1 Å². The molecule has 0 aliphatic rings. The van der Waals surface area contributed by atoms with Gasteiger partial charge in [-0.25, -0.2) is 10.1 Å². The van der Waals surface area contributed by atoms with Crippen molar-refractivity contribution in [3.8, 4) is 0 Å². The Morgan fingerprint density at radius 2 is 2.11 bits per heavy atom. The van der Waals surface area contributed by atoms with E-state index in [-0.39, 0.29) is 17.6 Å². The molecule has 146 valence electrons. The molecule has 1 aromatic carbocycles. The lowest BCUT2D eigenvalue weighted by Crippen LogP contribution is -2.17. The number of furan rings is 1. The summed E-state index contributed by atoms with van der Waals surface area (Å²) in [4.78, 5) is 12.2. The summed E-state index contributed by atoms with van der Waals surface area (Å²) in [6, 6.07) is 9.49. The van der Waals surface area contributed by atoms with Gasteiger partial charge < -0.3 is 15.6 Å². The van der Waals surface area contributed by atoms with Crippen LogP contribution in [0.1, 0.15) is 22.6 Å². The number of hydrogen-bond donors (Lipinski definition) is 3. The minimum atomic E-state index is -0.152. The van der Waals surface area contributed by atoms with Crippen molar-refractivity contribution in [1.82, 2.24) is 14.9 Å². The van der Waals surface area contributed by atoms with Crippen molar-refractivity contribution in [2.24, 2.45) is 5.10 Å². The molecular weight excluding hydrogens is 378 g/mol. The highest BCUT2D eigenvalue weighted by molar-refractivity contribution is 7.99. The summed E-state index contributed by atoms with van der Waals surface area (Å²) >= 11 is 1.18. The number of rotatable bonds is 7. The van der Waals surface area contributed by atoms with Crippen molar-refractivity contribution in [2.45, 2.75) is 25.9 Å². The lowest BCUT2D eigenvalue weighted by atomic mass is 10.1. The van der Waals surface area contributed by atoms with Crippen molar-refractivity contribution in [3.63, 3.8) is 0 Å². The zero-order valence-electron chi connectivity index (χ0n) is 15.8. The van der Waals surface area contributed by atoms with Gasteiger partial charge in [-0.15, -0.1) is 10.2 Å². The van der Waals surface area contributed by atoms with Crippen LogP contribution in [-0.4, -0.2) is 32.7 Å². The molecule has 1 amide bonds. The second-order valence-corrected chi connectivity index (χ2v) is 7.09. The Morgan fingerprint density at radius 1 is 1.29 bits per heavy atom. The lowest BCUT2D eigenvalue weighted by molar-refractivity contribution is -0.113. The first-order chi connectivity index (χ1) is 13.4. The molecule has 0 unspecified atom stereocenters. The number of nitrogens with zero attached hydrogens (tertiary/aromatic N) is 4. The Kier molecular flexibility index (Phi) is 5.99. The molecule has 0 radical (unpaired) electrons. The Balaban J connectivity index is 1.53. The SMILES string of the molecule is Cc1ccc(NC(=O)CSc2nnc(N/N=C/c3ccc(C)o3)n2N)c(C)c1. The number of thioether (sulfide) groups is 1. The van der Waals surface area contributed by atoms with E-state index in [2.05, 4.69) is 26.0 Å². The average molecular weight is 399 g/mol. The van der Waals surface area contributed by atoms with Crippen LogP contribution < -0.4 is 16.6 Å². The highest BCUT2D eigenvalue weighted by atomic mass is 32.2. The molecule has 2 heterocycles. The molecule has 3 rings (SSSR count). The van der Waals surface area contributed by atoms with Gasteiger partial charge in [0.1, 0.15) is 11.5 Å². The lowest BCUT2D eigenvalue weighted by Gasteiger charge is -2.08. The first-order valence-corrected chi connectivity index (χ1v) is 9.47. The van der Waals surface area contributed by atoms with E-state index < -0.39 is 0 Å². The first kappa shape index (κ1) is 19.5. The van der Waals surface area contributed by atoms with Gasteiger partial charge in [-0.05, 0) is 44.5 Å². The summed E-state index contributed by atoms with van der Waals surface area (Å²) in [5.41, 5.74) is 5.63. The molecule has 0 spiro atoms. The summed E-state index contributed by atoms with van der Waals surface area (Å²) in [5, 5.41) is 15.2. The van der Waals surface area contributed by atoms with Crippen LogP contribution in [-0.2, 0) is 4.79 Å². The summed E-state index contributed by atoms with van der Waals surface area (Å²) in [6.07, 6.45) is 1.51. The van der Waals surface area contributed by atoms with Crippen LogP contribution in [0.5, 0.6) is 0 Å². The van der Waals surface area contributed by atoms with Gasteiger partial charge in [-0.1, -0.05) is 29.5 Å². The Labute approximate surface area is 166 Å². The van der Waals surface area contributed by atoms with Crippen LogP contribution >= 0.6 is 11.8 Å². The molecule has 10 heteroatoms. The molecule has 28 heavy (non-hydrogen) atoms. The summed E-state index contributed by atoms with van der Waals surface area (Å²) < 4.78 is 6.61. The number of benzene rings is 1. The fourth-order valence-corrected chi connectivity index (χ4v) is 3.05. The second kappa shape index (κ2) is 8.61. The number of aromatic nitrogens is 3. The predicted molar refractivity (Wildman–Crippen MR) is 110 cm³/mol. The quantitative estimate of drug-likeness (QED) is 0.241. The molecule has 0 aliphatic carbocycles. The van der Waals surface area contributed by atoms with E-state index in [9.17, 15) is 4.79 Å². The molecule has 0 aliphatic heterocycles. The van der Waals surface area contributed by atoms with Gasteiger partial charge >= 0.3 is 0 Å². The van der Waals surface area contributed by atoms with E-state index in [0.29, 0.717) is 10.9 Å². The maximum atomic E-state index is 12.2. The van der Waals surface area contributed by atoms with E-state index in [0.717, 1.165) is 22.6 Å². The number of nitrogen functional groups attached to an aromatic ring is 1. The largest absolute Gasteiger partial charge is 0.460 e. The standard InChI is InChI=1S/C18H21N7O2S/c1-11-4-7-15(12(2)8-11)21-16(26)10-28-18-24-23-17(25(18)19)22-20-9-14-6-5-13(3)27-14/h4-9H,10,19H2,1-3H3,(H,21,26)(H,22,23)/b20-9+. The number of aryl methyl sites for hydroxylation is 3. The van der Waals surface area contributed by atoms with Gasteiger partial charge in [0, 0.05) is 5.69 Å². The van der Waals surface area contributed by atoms with E-state index in [1.54, 1.807) is 6.07 Å². The zero-order valence-corrected chi connectivity index (χ0v) is 16.6. The number of amides is 1. The summed E-state index contributed by atoms with van der Waals surface area (Å²) in [5.74, 6) is 7.59. The minimum absolute atomic E-state index is 0.150. The fourth-order valence-electron chi connectivity index (χ4n) is 2.40. The van der Waals surface area contributed by atoms with Crippen LogP contribution in [0, 0.1) is 20.8 Å². The van der Waals surface area contributed by atoms with Crippen molar-refractivity contribution < 1.29 is 9.21 Å². The molecule has 0 bridgehead atoms. The number of carbonyl (C=O) groups is 1. The molecule has 4 N–H and O–H groups in total. The van der Waals surface area contributed by atoms with Crippen molar-refractivity contribution in [2.75, 3.05) is 22.3 Å². The molecule has 0 saturated heterocycles. The van der Waals surface area contributed by atoms with Gasteiger partial charge in [0.25, 0.3) is 5.95 Å². The van der Waals surface area contributed by atoms with Crippen LogP contribution in [0.25, 0.3) is 0 Å². The van der Waals surface area contributed by atoms with Crippen molar-refractivity contribution in [1.29, 1.82) is 0 Å². The molecule has 0 atom stereocenters. The predicted octanol–water partition coefficient (Wildman–Crippen LogP) is 2.69. The normalized spacial score (nSPS) is 11.1. The summed E-state index contributed by atoms with van der Waals surface area (Å²) in [7, 11) is 0. The molecule has 2 aromatic heterocycles. The number of nitrogens with two attached hydrogens (primary N) is 1. The highest BCUT2D eigenvalue weighted by Gasteiger charge is 2.12. The number of hydrazone groups is 1. The maximum absolute atomic E-state index is 12.2. The zero-order chi connectivity index (χ0) is 20.1. The molecule has 9 nitrogen and oxygen atoms in total. The third-order valence-corrected chi connectivity index (χ3v) is 4.71. The monoisotopic (exact) mass is 399 g/mol. The van der Waals surface area contributed by atoms with Gasteiger partial charge in [0.15, 0.2) is 0 Å². The minimum Gasteiger partial charge on any atom is -0.460 e. The van der Waals surface area contributed by atoms with E-state index in [4.69, 9.17) is 10.3 Å². The van der Waals surface area contributed by atoms with E-state index in [1.807, 2.05) is 45.0 Å². The third kappa shape index (κ3) is 4.92. The van der Waals surface area contributed by atoms with E-state index in [1.165, 1.54) is 22.7 Å². The smallest absolute Gasteiger partial charge is 0.264 e. The van der Waals surface area contributed by atoms with Crippen LogP contribution in [0.4, 0.5) is 11.6 Å². The number of carbonyl (C=O) groups excluding carboxylic acids is 1. The number of nitrogens with one attached hydrogen (secondary N) is 2. The number of anilines is 2. The average Bonchev–Trinajstić information content (AvgIpc) is 3.22. The second-order valence-electron chi connectivity index (χ2n) is 6.15. The highest BCUT2D eigenvalue weighted by Crippen LogP contribution is 2.19. The van der Waals surface area contributed by atoms with Gasteiger partial charge in [0.05, 0.1) is 12.0 Å². The van der Waals surface area contributed by atoms with Gasteiger partial charge in [-0.2, -0.15) is 5.10 Å². The van der Waals surface area contributed by atoms with Crippen LogP contribution in [0.2, 0.25) is 0 Å². The van der Waals surface area contributed by atoms with Crippen molar-refractivity contribution >= 4 is 35.5 Å².